The van der Waals surface area contributed by atoms with Gasteiger partial charge in [-0.15, -0.1) is 0 Å². The Kier molecular flexibility index (Phi) is 6.74. The van der Waals surface area contributed by atoms with Crippen molar-refractivity contribution < 1.29 is 4.74 Å². The van der Waals surface area contributed by atoms with E-state index >= 15 is 0 Å². The highest BCUT2D eigenvalue weighted by Gasteiger charge is 2.42. The minimum atomic E-state index is 0.146. The molecule has 2 N–H and O–H groups in total. The Balaban J connectivity index is 2.77. The van der Waals surface area contributed by atoms with Crippen LogP contribution in [0.4, 0.5) is 0 Å². The van der Waals surface area contributed by atoms with E-state index < -0.39 is 0 Å². The van der Waals surface area contributed by atoms with Crippen LogP contribution in [0.5, 0.6) is 0 Å². The molecule has 1 heterocycles. The van der Waals surface area contributed by atoms with Crippen molar-refractivity contribution in [3.05, 3.63) is 0 Å². The van der Waals surface area contributed by atoms with E-state index in [1.165, 1.54) is 6.42 Å². The second-order valence-electron chi connectivity index (χ2n) is 6.58. The number of ether oxygens (including phenoxy) is 1. The average Bonchev–Trinajstić information content (AvgIpc) is 2.80. The lowest BCUT2D eigenvalue weighted by Crippen LogP contribution is -2.57. The summed E-state index contributed by atoms with van der Waals surface area (Å²) < 4.78 is 5.28. The zero-order chi connectivity index (χ0) is 14.5. The minimum Gasteiger partial charge on any atom is -0.383 e. The first-order valence-electron chi connectivity index (χ1n) is 7.63. The molecule has 0 spiro atoms. The average molecular weight is 271 g/mol. The summed E-state index contributed by atoms with van der Waals surface area (Å²) in [4.78, 5) is 5.12. The van der Waals surface area contributed by atoms with Crippen molar-refractivity contribution in [3.63, 3.8) is 0 Å². The Bertz CT molecular complexity index is 258. The lowest BCUT2D eigenvalue weighted by atomic mass is 9.94. The van der Waals surface area contributed by atoms with Crippen LogP contribution in [0, 0.1) is 5.92 Å². The maximum absolute atomic E-state index is 6.17. The summed E-state index contributed by atoms with van der Waals surface area (Å²) in [6, 6.07) is 0.608. The smallest absolute Gasteiger partial charge is 0.0589 e. The van der Waals surface area contributed by atoms with Crippen LogP contribution in [0.15, 0.2) is 0 Å². The lowest BCUT2D eigenvalue weighted by molar-refractivity contribution is 0.0520. The van der Waals surface area contributed by atoms with E-state index in [2.05, 4.69) is 37.5 Å². The van der Waals surface area contributed by atoms with E-state index in [0.29, 0.717) is 12.0 Å². The van der Waals surface area contributed by atoms with Crippen LogP contribution >= 0.6 is 0 Å². The first-order chi connectivity index (χ1) is 8.95. The van der Waals surface area contributed by atoms with Crippen LogP contribution in [0.25, 0.3) is 0 Å². The van der Waals surface area contributed by atoms with Crippen molar-refractivity contribution in [1.29, 1.82) is 0 Å². The number of likely N-dealkylation sites (tertiary alicyclic amines) is 1. The van der Waals surface area contributed by atoms with Crippen LogP contribution in [0.1, 0.15) is 34.1 Å². The first-order valence-corrected chi connectivity index (χ1v) is 7.63. The number of nitrogens with zero attached hydrogens (tertiary/aromatic N) is 2. The fourth-order valence-electron chi connectivity index (χ4n) is 3.05. The summed E-state index contributed by atoms with van der Waals surface area (Å²) in [6.45, 7) is 15.0. The molecular formula is C15H33N3O. The Morgan fingerprint density at radius 2 is 2.00 bits per heavy atom. The third-order valence-electron chi connectivity index (χ3n) is 4.29. The predicted molar refractivity (Wildman–Crippen MR) is 81.4 cm³/mol. The van der Waals surface area contributed by atoms with Crippen LogP contribution < -0.4 is 5.73 Å². The molecule has 0 aromatic heterocycles. The molecule has 1 fully saturated rings. The van der Waals surface area contributed by atoms with Crippen LogP contribution in [0.2, 0.25) is 0 Å². The summed E-state index contributed by atoms with van der Waals surface area (Å²) in [6.07, 6.45) is 1.18. The molecule has 4 nitrogen and oxygen atoms in total. The second-order valence-corrected chi connectivity index (χ2v) is 6.58. The molecule has 4 heteroatoms. The van der Waals surface area contributed by atoms with Gasteiger partial charge in [-0.3, -0.25) is 9.80 Å². The SMILES string of the molecule is COCCN(CC(C)C)C1(CN)CCN(C(C)C)C1. The van der Waals surface area contributed by atoms with Gasteiger partial charge in [0.25, 0.3) is 0 Å². The number of hydrogen-bond acceptors (Lipinski definition) is 4. The molecule has 114 valence electrons. The van der Waals surface area contributed by atoms with E-state index in [1.54, 1.807) is 7.11 Å². The third-order valence-corrected chi connectivity index (χ3v) is 4.29. The number of rotatable bonds is 8. The standard InChI is InChI=1S/C15H33N3O/c1-13(2)10-18(8-9-19-5)15(11-16)6-7-17(12-15)14(3)4/h13-14H,6-12,16H2,1-5H3. The molecule has 1 saturated heterocycles. The molecule has 0 saturated carbocycles. The minimum absolute atomic E-state index is 0.146. The molecule has 0 radical (unpaired) electrons. The monoisotopic (exact) mass is 271 g/mol. The number of nitrogens with two attached hydrogens (primary N) is 1. The van der Waals surface area contributed by atoms with Gasteiger partial charge in [0, 0.05) is 51.4 Å². The van der Waals surface area contributed by atoms with E-state index in [-0.39, 0.29) is 5.54 Å². The van der Waals surface area contributed by atoms with Crippen molar-refractivity contribution in [2.24, 2.45) is 11.7 Å². The van der Waals surface area contributed by atoms with Crippen molar-refractivity contribution in [3.8, 4) is 0 Å². The van der Waals surface area contributed by atoms with E-state index in [4.69, 9.17) is 10.5 Å². The summed E-state index contributed by atoms with van der Waals surface area (Å²) in [5.41, 5.74) is 6.32. The van der Waals surface area contributed by atoms with Crippen LogP contribution in [0.3, 0.4) is 0 Å². The molecule has 1 aliphatic rings. The second kappa shape index (κ2) is 7.58. The van der Waals surface area contributed by atoms with Gasteiger partial charge in [-0.2, -0.15) is 0 Å². The summed E-state index contributed by atoms with van der Waals surface area (Å²) in [5.74, 6) is 0.661. The Morgan fingerprint density at radius 1 is 1.32 bits per heavy atom. The summed E-state index contributed by atoms with van der Waals surface area (Å²) in [5, 5.41) is 0. The molecule has 1 unspecified atom stereocenters. The molecule has 1 atom stereocenters. The Morgan fingerprint density at radius 3 is 2.42 bits per heavy atom. The molecule has 0 aromatic rings. The van der Waals surface area contributed by atoms with Gasteiger partial charge in [-0.25, -0.2) is 0 Å². The van der Waals surface area contributed by atoms with Gasteiger partial charge in [0.2, 0.25) is 0 Å². The van der Waals surface area contributed by atoms with Gasteiger partial charge in [0.05, 0.1) is 6.61 Å². The molecule has 19 heavy (non-hydrogen) atoms. The largest absolute Gasteiger partial charge is 0.383 e. The number of hydrogen-bond donors (Lipinski definition) is 1. The van der Waals surface area contributed by atoms with Crippen LogP contribution in [-0.2, 0) is 4.74 Å². The van der Waals surface area contributed by atoms with Crippen LogP contribution in [-0.4, -0.2) is 67.8 Å². The Labute approximate surface area is 119 Å². The fraction of sp³-hybridized carbons (Fsp3) is 1.00. The highest BCUT2D eigenvalue weighted by atomic mass is 16.5. The normalized spacial score (nSPS) is 25.1. The van der Waals surface area contributed by atoms with Gasteiger partial charge in [-0.1, -0.05) is 13.8 Å². The maximum Gasteiger partial charge on any atom is 0.0589 e. The van der Waals surface area contributed by atoms with Gasteiger partial charge >= 0.3 is 0 Å². The maximum atomic E-state index is 6.17. The molecule has 1 aliphatic heterocycles. The molecule has 0 aliphatic carbocycles. The number of methoxy groups -OCH3 is 1. The van der Waals surface area contributed by atoms with Gasteiger partial charge in [0.15, 0.2) is 0 Å². The zero-order valence-corrected chi connectivity index (χ0v) is 13.5. The third kappa shape index (κ3) is 4.42. The summed E-state index contributed by atoms with van der Waals surface area (Å²) >= 11 is 0. The van der Waals surface area contributed by atoms with Crippen molar-refractivity contribution in [2.75, 3.05) is 46.4 Å². The van der Waals surface area contributed by atoms with E-state index in [1.807, 2.05) is 0 Å². The zero-order valence-electron chi connectivity index (χ0n) is 13.5. The highest BCUT2D eigenvalue weighted by Crippen LogP contribution is 2.29. The topological polar surface area (TPSA) is 41.7 Å². The van der Waals surface area contributed by atoms with Crippen molar-refractivity contribution >= 4 is 0 Å². The molecule has 0 amide bonds. The highest BCUT2D eigenvalue weighted by molar-refractivity contribution is 5.01. The molecule has 1 rings (SSSR count). The fourth-order valence-corrected chi connectivity index (χ4v) is 3.05. The van der Waals surface area contributed by atoms with Crippen molar-refractivity contribution in [2.45, 2.75) is 45.7 Å². The van der Waals surface area contributed by atoms with Gasteiger partial charge < -0.3 is 10.5 Å². The van der Waals surface area contributed by atoms with Gasteiger partial charge in [-0.05, 0) is 26.2 Å². The van der Waals surface area contributed by atoms with Gasteiger partial charge in [0.1, 0.15) is 0 Å². The summed E-state index contributed by atoms with van der Waals surface area (Å²) in [7, 11) is 1.78. The first kappa shape index (κ1) is 16.9. The Hall–Kier alpha value is -0.160. The lowest BCUT2D eigenvalue weighted by Gasteiger charge is -2.42. The van der Waals surface area contributed by atoms with E-state index in [0.717, 1.165) is 39.3 Å². The van der Waals surface area contributed by atoms with E-state index in [9.17, 15) is 0 Å². The molecule has 0 bridgehead atoms. The molecule has 0 aromatic carbocycles. The quantitative estimate of drug-likeness (QED) is 0.725. The molecular weight excluding hydrogens is 238 g/mol. The predicted octanol–water partition coefficient (Wildman–Crippen LogP) is 1.40. The van der Waals surface area contributed by atoms with Crippen molar-refractivity contribution in [1.82, 2.24) is 9.80 Å².